The Morgan fingerprint density at radius 3 is 2.67 bits per heavy atom. The summed E-state index contributed by atoms with van der Waals surface area (Å²) in [4.78, 5) is 40.4. The molecular formula is C23H35N3O4. The van der Waals surface area contributed by atoms with Crippen LogP contribution in [0, 0.1) is 5.92 Å². The molecule has 0 aliphatic carbocycles. The largest absolute Gasteiger partial charge is 0.444 e. The predicted molar refractivity (Wildman–Crippen MR) is 117 cm³/mol. The lowest BCUT2D eigenvalue weighted by molar-refractivity contribution is -0.134. The van der Waals surface area contributed by atoms with Gasteiger partial charge in [0.1, 0.15) is 5.60 Å². The zero-order valence-corrected chi connectivity index (χ0v) is 18.9. The van der Waals surface area contributed by atoms with Gasteiger partial charge in [-0.1, -0.05) is 19.1 Å². The third-order valence-electron chi connectivity index (χ3n) is 4.93. The fourth-order valence-electron chi connectivity index (χ4n) is 3.46. The summed E-state index contributed by atoms with van der Waals surface area (Å²) in [5.41, 5.74) is 1.03. The number of anilines is 1. The summed E-state index contributed by atoms with van der Waals surface area (Å²) in [5.74, 6) is -0.142. The number of hydrogen-bond acceptors (Lipinski definition) is 4. The minimum Gasteiger partial charge on any atom is -0.444 e. The molecular weight excluding hydrogens is 382 g/mol. The molecule has 0 aromatic heterocycles. The maximum atomic E-state index is 12.8. The molecule has 3 amide bonds. The first-order valence-electron chi connectivity index (χ1n) is 10.7. The summed E-state index contributed by atoms with van der Waals surface area (Å²) in [6.07, 6.45) is 2.58. The number of carbonyl (C=O) groups excluding carboxylic acids is 3. The summed E-state index contributed by atoms with van der Waals surface area (Å²) in [6, 6.07) is 7.45. The molecule has 1 atom stereocenters. The highest BCUT2D eigenvalue weighted by Crippen LogP contribution is 2.21. The van der Waals surface area contributed by atoms with Crippen molar-refractivity contribution in [2.75, 3.05) is 25.5 Å². The first kappa shape index (κ1) is 23.7. The van der Waals surface area contributed by atoms with Gasteiger partial charge in [0.2, 0.25) is 11.8 Å². The number of benzene rings is 1. The molecule has 1 aromatic carbocycles. The molecule has 1 unspecified atom stereocenters. The number of piperidine rings is 1. The second-order valence-electron chi connectivity index (χ2n) is 8.95. The van der Waals surface area contributed by atoms with E-state index in [9.17, 15) is 14.4 Å². The number of nitrogens with one attached hydrogen (secondary N) is 1. The van der Waals surface area contributed by atoms with Crippen molar-refractivity contribution in [2.24, 2.45) is 5.92 Å². The molecule has 1 aromatic rings. The van der Waals surface area contributed by atoms with Crippen molar-refractivity contribution in [3.63, 3.8) is 0 Å². The molecule has 2 rings (SSSR count). The zero-order chi connectivity index (χ0) is 22.3. The van der Waals surface area contributed by atoms with Crippen molar-refractivity contribution < 1.29 is 19.1 Å². The molecule has 0 bridgehead atoms. The van der Waals surface area contributed by atoms with Gasteiger partial charge in [-0.05, 0) is 57.7 Å². The van der Waals surface area contributed by atoms with Gasteiger partial charge in [-0.3, -0.25) is 9.59 Å². The average Bonchev–Trinajstić information content (AvgIpc) is 2.67. The first-order chi connectivity index (χ1) is 14.1. The van der Waals surface area contributed by atoms with Gasteiger partial charge < -0.3 is 19.9 Å². The van der Waals surface area contributed by atoms with Crippen molar-refractivity contribution in [3.8, 4) is 0 Å². The van der Waals surface area contributed by atoms with E-state index >= 15 is 0 Å². The number of likely N-dealkylation sites (tertiary alicyclic amines) is 1. The van der Waals surface area contributed by atoms with Gasteiger partial charge in [-0.25, -0.2) is 4.79 Å². The van der Waals surface area contributed by atoms with Gasteiger partial charge in [0.05, 0.1) is 5.92 Å². The third kappa shape index (κ3) is 7.35. The molecule has 1 N–H and O–H groups in total. The third-order valence-corrected chi connectivity index (χ3v) is 4.93. The van der Waals surface area contributed by atoms with E-state index < -0.39 is 11.7 Å². The summed E-state index contributed by atoms with van der Waals surface area (Å²) >= 11 is 0. The van der Waals surface area contributed by atoms with Crippen LogP contribution in [0.25, 0.3) is 0 Å². The summed E-state index contributed by atoms with van der Waals surface area (Å²) in [5, 5.41) is 2.97. The van der Waals surface area contributed by atoms with Crippen LogP contribution in [0.4, 0.5) is 10.5 Å². The number of rotatable bonds is 6. The standard InChI is InChI=1S/C23H35N3O4/c1-6-9-20(27)26-13-8-11-18(16-26)21(28)24-19-12-7-10-17(14-19)15-25(5)22(29)30-23(2,3)4/h7,10,12,14,18H,6,8-9,11,13,15-16H2,1-5H3,(H,24,28). The SMILES string of the molecule is CCCC(=O)N1CCCC(C(=O)Nc2cccc(CN(C)C(=O)OC(C)(C)C)c2)C1. The van der Waals surface area contributed by atoms with Gasteiger partial charge in [0.15, 0.2) is 0 Å². The van der Waals surface area contributed by atoms with E-state index in [2.05, 4.69) is 5.32 Å². The van der Waals surface area contributed by atoms with E-state index in [1.165, 1.54) is 4.90 Å². The first-order valence-corrected chi connectivity index (χ1v) is 10.7. The van der Waals surface area contributed by atoms with Crippen LogP contribution in [0.1, 0.15) is 58.9 Å². The minimum absolute atomic E-state index is 0.0679. The molecule has 1 aliphatic heterocycles. The van der Waals surface area contributed by atoms with Crippen LogP contribution in [0.5, 0.6) is 0 Å². The molecule has 7 nitrogen and oxygen atoms in total. The van der Waals surface area contributed by atoms with Gasteiger partial charge >= 0.3 is 6.09 Å². The fraction of sp³-hybridized carbons (Fsp3) is 0.609. The number of nitrogens with zero attached hydrogens (tertiary/aromatic N) is 2. The Kier molecular flexibility index (Phi) is 8.26. The maximum Gasteiger partial charge on any atom is 0.410 e. The Morgan fingerprint density at radius 1 is 1.27 bits per heavy atom. The highest BCUT2D eigenvalue weighted by Gasteiger charge is 2.28. The Labute approximate surface area is 179 Å². The van der Waals surface area contributed by atoms with E-state index in [1.54, 1.807) is 7.05 Å². The van der Waals surface area contributed by atoms with E-state index in [0.717, 1.165) is 31.4 Å². The van der Waals surface area contributed by atoms with Crippen LogP contribution in [0.15, 0.2) is 24.3 Å². The lowest BCUT2D eigenvalue weighted by Gasteiger charge is -2.32. The Balaban J connectivity index is 1.95. The van der Waals surface area contributed by atoms with Crippen LogP contribution in [-0.4, -0.2) is 53.4 Å². The second-order valence-corrected chi connectivity index (χ2v) is 8.95. The number of amides is 3. The number of ether oxygens (including phenoxy) is 1. The molecule has 1 heterocycles. The fourth-order valence-corrected chi connectivity index (χ4v) is 3.46. The normalized spacial score (nSPS) is 16.7. The zero-order valence-electron chi connectivity index (χ0n) is 18.9. The molecule has 0 spiro atoms. The van der Waals surface area contributed by atoms with Crippen molar-refractivity contribution in [1.82, 2.24) is 9.80 Å². The molecule has 30 heavy (non-hydrogen) atoms. The Bertz CT molecular complexity index is 757. The predicted octanol–water partition coefficient (Wildman–Crippen LogP) is 4.03. The molecule has 1 aliphatic rings. The number of carbonyl (C=O) groups is 3. The van der Waals surface area contributed by atoms with Crippen LogP contribution in [0.2, 0.25) is 0 Å². The van der Waals surface area contributed by atoms with Gasteiger partial charge in [0, 0.05) is 38.8 Å². The quantitative estimate of drug-likeness (QED) is 0.758. The van der Waals surface area contributed by atoms with Gasteiger partial charge in [-0.15, -0.1) is 0 Å². The second kappa shape index (κ2) is 10.5. The van der Waals surface area contributed by atoms with Gasteiger partial charge in [0.25, 0.3) is 0 Å². The highest BCUT2D eigenvalue weighted by atomic mass is 16.6. The molecule has 166 valence electrons. The minimum atomic E-state index is -0.548. The van der Waals surface area contributed by atoms with E-state index in [-0.39, 0.29) is 17.7 Å². The van der Waals surface area contributed by atoms with Crippen molar-refractivity contribution >= 4 is 23.6 Å². The van der Waals surface area contributed by atoms with E-state index in [1.807, 2.05) is 56.9 Å². The van der Waals surface area contributed by atoms with Crippen molar-refractivity contribution in [1.29, 1.82) is 0 Å². The molecule has 0 radical (unpaired) electrons. The van der Waals surface area contributed by atoms with Crippen LogP contribution >= 0.6 is 0 Å². The van der Waals surface area contributed by atoms with Crippen LogP contribution in [-0.2, 0) is 20.9 Å². The lowest BCUT2D eigenvalue weighted by atomic mass is 9.96. The van der Waals surface area contributed by atoms with Gasteiger partial charge in [-0.2, -0.15) is 0 Å². The Morgan fingerprint density at radius 2 is 2.00 bits per heavy atom. The maximum absolute atomic E-state index is 12.8. The van der Waals surface area contributed by atoms with Crippen LogP contribution in [0.3, 0.4) is 0 Å². The summed E-state index contributed by atoms with van der Waals surface area (Å²) < 4.78 is 5.38. The van der Waals surface area contributed by atoms with Crippen LogP contribution < -0.4 is 5.32 Å². The summed E-state index contributed by atoms with van der Waals surface area (Å²) in [7, 11) is 1.68. The monoisotopic (exact) mass is 417 g/mol. The topological polar surface area (TPSA) is 79.0 Å². The Hall–Kier alpha value is -2.57. The summed E-state index contributed by atoms with van der Waals surface area (Å²) in [6.45, 7) is 9.06. The lowest BCUT2D eigenvalue weighted by Crippen LogP contribution is -2.43. The van der Waals surface area contributed by atoms with E-state index in [0.29, 0.717) is 25.2 Å². The molecule has 7 heteroatoms. The van der Waals surface area contributed by atoms with Crippen molar-refractivity contribution in [2.45, 2.75) is 65.5 Å². The molecule has 1 saturated heterocycles. The number of hydrogen-bond donors (Lipinski definition) is 1. The highest BCUT2D eigenvalue weighted by molar-refractivity contribution is 5.93. The smallest absolute Gasteiger partial charge is 0.410 e. The molecule has 0 saturated carbocycles. The average molecular weight is 418 g/mol. The van der Waals surface area contributed by atoms with E-state index in [4.69, 9.17) is 4.74 Å². The molecule has 1 fully saturated rings. The van der Waals surface area contributed by atoms with Crippen molar-refractivity contribution in [3.05, 3.63) is 29.8 Å².